The molecule has 0 aliphatic carbocycles. The van der Waals surface area contributed by atoms with Crippen molar-refractivity contribution in [3.8, 4) is 5.75 Å². The van der Waals surface area contributed by atoms with Crippen LogP contribution in [0.25, 0.3) is 0 Å². The summed E-state index contributed by atoms with van der Waals surface area (Å²) in [4.78, 5) is 11.9. The Kier molecular flexibility index (Phi) is 7.79. The summed E-state index contributed by atoms with van der Waals surface area (Å²) in [5, 5.41) is 6.11. The van der Waals surface area contributed by atoms with Crippen LogP contribution in [0.1, 0.15) is 32.4 Å². The molecule has 0 saturated heterocycles. The van der Waals surface area contributed by atoms with Gasteiger partial charge in [0, 0.05) is 25.3 Å². The molecule has 5 heteroatoms. The molecule has 0 bridgehead atoms. The lowest BCUT2D eigenvalue weighted by Gasteiger charge is -2.22. The minimum atomic E-state index is -0.286. The largest absolute Gasteiger partial charge is 0.494 e. The molecule has 1 amide bonds. The van der Waals surface area contributed by atoms with Crippen LogP contribution < -0.4 is 15.4 Å². The highest BCUT2D eigenvalue weighted by atomic mass is 16.5. The molecular weight excluding hydrogens is 268 g/mol. The molecule has 0 saturated carbocycles. The first-order valence-corrected chi connectivity index (χ1v) is 7.34. The summed E-state index contributed by atoms with van der Waals surface area (Å²) in [7, 11) is 1.61. The van der Waals surface area contributed by atoms with Crippen molar-refractivity contribution in [2.24, 2.45) is 0 Å². The number of hydrogen-bond donors (Lipinski definition) is 2. The maximum Gasteiger partial charge on any atom is 0.236 e. The first kappa shape index (κ1) is 17.5. The van der Waals surface area contributed by atoms with Crippen molar-refractivity contribution in [3.05, 3.63) is 29.8 Å². The second kappa shape index (κ2) is 9.37. The Balaban J connectivity index is 2.59. The highest BCUT2D eigenvalue weighted by Gasteiger charge is 2.18. The van der Waals surface area contributed by atoms with Gasteiger partial charge in [-0.05, 0) is 26.8 Å². The van der Waals surface area contributed by atoms with Gasteiger partial charge in [-0.1, -0.05) is 18.2 Å². The topological polar surface area (TPSA) is 59.6 Å². The lowest BCUT2D eigenvalue weighted by molar-refractivity contribution is -0.123. The molecule has 2 N–H and O–H groups in total. The van der Waals surface area contributed by atoms with Crippen LogP contribution >= 0.6 is 0 Å². The van der Waals surface area contributed by atoms with Crippen LogP contribution in [-0.2, 0) is 9.53 Å². The van der Waals surface area contributed by atoms with Crippen molar-refractivity contribution in [2.75, 3.05) is 26.9 Å². The second-order valence-corrected chi connectivity index (χ2v) is 4.86. The molecule has 21 heavy (non-hydrogen) atoms. The van der Waals surface area contributed by atoms with E-state index in [1.807, 2.05) is 45.0 Å². The first-order chi connectivity index (χ1) is 10.1. The van der Waals surface area contributed by atoms with E-state index in [0.717, 1.165) is 11.3 Å². The van der Waals surface area contributed by atoms with Crippen LogP contribution in [-0.4, -0.2) is 38.8 Å². The van der Waals surface area contributed by atoms with Gasteiger partial charge in [-0.25, -0.2) is 0 Å². The van der Waals surface area contributed by atoms with Gasteiger partial charge >= 0.3 is 0 Å². The molecule has 2 unspecified atom stereocenters. The van der Waals surface area contributed by atoms with Gasteiger partial charge < -0.3 is 14.8 Å². The van der Waals surface area contributed by atoms with Crippen molar-refractivity contribution in [2.45, 2.75) is 32.9 Å². The van der Waals surface area contributed by atoms with Crippen molar-refractivity contribution in [3.63, 3.8) is 0 Å². The molecule has 0 heterocycles. The number of nitrogens with one attached hydrogen (secondary N) is 2. The van der Waals surface area contributed by atoms with Crippen molar-refractivity contribution in [1.82, 2.24) is 10.6 Å². The van der Waals surface area contributed by atoms with E-state index < -0.39 is 0 Å². The summed E-state index contributed by atoms with van der Waals surface area (Å²) in [6.07, 6.45) is 0. The zero-order chi connectivity index (χ0) is 15.7. The van der Waals surface area contributed by atoms with E-state index in [2.05, 4.69) is 10.6 Å². The van der Waals surface area contributed by atoms with Crippen molar-refractivity contribution >= 4 is 5.91 Å². The fourth-order valence-corrected chi connectivity index (χ4v) is 2.10. The van der Waals surface area contributed by atoms with Gasteiger partial charge in [0.2, 0.25) is 5.91 Å². The number of methoxy groups -OCH3 is 1. The fraction of sp³-hybridized carbons (Fsp3) is 0.562. The van der Waals surface area contributed by atoms with E-state index in [1.54, 1.807) is 7.11 Å². The molecule has 5 nitrogen and oxygen atoms in total. The summed E-state index contributed by atoms with van der Waals surface area (Å²) in [6.45, 7) is 7.49. The molecule has 0 aliphatic heterocycles. The molecule has 2 atom stereocenters. The smallest absolute Gasteiger partial charge is 0.236 e. The molecule has 0 aromatic heterocycles. The third-order valence-corrected chi connectivity index (χ3v) is 3.18. The maximum atomic E-state index is 11.9. The molecule has 0 spiro atoms. The summed E-state index contributed by atoms with van der Waals surface area (Å²) in [6, 6.07) is 7.61. The van der Waals surface area contributed by atoms with Gasteiger partial charge in [0.25, 0.3) is 0 Å². The minimum absolute atomic E-state index is 0.0240. The highest BCUT2D eigenvalue weighted by Crippen LogP contribution is 2.25. The number of carbonyl (C=O) groups is 1. The van der Waals surface area contributed by atoms with Gasteiger partial charge in [0.05, 0.1) is 19.3 Å². The summed E-state index contributed by atoms with van der Waals surface area (Å²) >= 11 is 0. The van der Waals surface area contributed by atoms with Crippen LogP contribution in [0.2, 0.25) is 0 Å². The standard InChI is InChI=1S/C16H26N2O3/c1-5-21-15-9-7-6-8-14(15)12(2)18-13(3)16(19)17-10-11-20-4/h6-9,12-13,18H,5,10-11H2,1-4H3,(H,17,19). The van der Waals surface area contributed by atoms with E-state index >= 15 is 0 Å². The number of rotatable bonds is 9. The lowest BCUT2D eigenvalue weighted by Crippen LogP contribution is -2.44. The van der Waals surface area contributed by atoms with Gasteiger partial charge in [0.15, 0.2) is 0 Å². The van der Waals surface area contributed by atoms with Crippen LogP contribution in [0.4, 0.5) is 0 Å². The SMILES string of the molecule is CCOc1ccccc1C(C)NC(C)C(=O)NCCOC. The van der Waals surface area contributed by atoms with E-state index in [-0.39, 0.29) is 18.0 Å². The molecule has 118 valence electrons. The number of ether oxygens (including phenoxy) is 2. The molecule has 0 fully saturated rings. The zero-order valence-corrected chi connectivity index (χ0v) is 13.3. The van der Waals surface area contributed by atoms with E-state index in [4.69, 9.17) is 9.47 Å². The van der Waals surface area contributed by atoms with Gasteiger partial charge in [0.1, 0.15) is 5.75 Å². The third-order valence-electron chi connectivity index (χ3n) is 3.18. The second-order valence-electron chi connectivity index (χ2n) is 4.86. The number of carbonyl (C=O) groups excluding carboxylic acids is 1. The number of hydrogen-bond acceptors (Lipinski definition) is 4. The molecule has 0 radical (unpaired) electrons. The molecule has 1 aromatic carbocycles. The third kappa shape index (κ3) is 5.73. The number of benzene rings is 1. The Morgan fingerprint density at radius 3 is 2.67 bits per heavy atom. The summed E-state index contributed by atoms with van der Waals surface area (Å²) in [5.74, 6) is 0.819. The summed E-state index contributed by atoms with van der Waals surface area (Å²) in [5.41, 5.74) is 1.05. The van der Waals surface area contributed by atoms with E-state index in [0.29, 0.717) is 19.8 Å². The molecule has 0 aliphatic rings. The Labute approximate surface area is 127 Å². The van der Waals surface area contributed by atoms with Crippen LogP contribution in [0.5, 0.6) is 5.75 Å². The Hall–Kier alpha value is -1.59. The monoisotopic (exact) mass is 294 g/mol. The van der Waals surface area contributed by atoms with Crippen LogP contribution in [0.3, 0.4) is 0 Å². The average molecular weight is 294 g/mol. The van der Waals surface area contributed by atoms with E-state index in [9.17, 15) is 4.79 Å². The maximum absolute atomic E-state index is 11.9. The fourth-order valence-electron chi connectivity index (χ4n) is 2.10. The molecule has 1 aromatic rings. The lowest BCUT2D eigenvalue weighted by atomic mass is 10.1. The normalized spacial score (nSPS) is 13.5. The van der Waals surface area contributed by atoms with Gasteiger partial charge in [-0.3, -0.25) is 10.1 Å². The predicted molar refractivity (Wildman–Crippen MR) is 83.5 cm³/mol. The highest BCUT2D eigenvalue weighted by molar-refractivity contribution is 5.81. The average Bonchev–Trinajstić information content (AvgIpc) is 2.48. The van der Waals surface area contributed by atoms with Crippen molar-refractivity contribution in [1.29, 1.82) is 0 Å². The minimum Gasteiger partial charge on any atom is -0.494 e. The predicted octanol–water partition coefficient (Wildman–Crippen LogP) is 1.89. The molecular formula is C16H26N2O3. The zero-order valence-electron chi connectivity index (χ0n) is 13.3. The first-order valence-electron chi connectivity index (χ1n) is 7.34. The summed E-state index contributed by atoms with van der Waals surface area (Å²) < 4.78 is 10.5. The van der Waals surface area contributed by atoms with Gasteiger partial charge in [-0.15, -0.1) is 0 Å². The van der Waals surface area contributed by atoms with E-state index in [1.165, 1.54) is 0 Å². The number of para-hydroxylation sites is 1. The van der Waals surface area contributed by atoms with Gasteiger partial charge in [-0.2, -0.15) is 0 Å². The Bertz CT molecular complexity index is 437. The Morgan fingerprint density at radius 2 is 2.00 bits per heavy atom. The van der Waals surface area contributed by atoms with Crippen LogP contribution in [0, 0.1) is 0 Å². The van der Waals surface area contributed by atoms with Crippen molar-refractivity contribution < 1.29 is 14.3 Å². The Morgan fingerprint density at radius 1 is 1.29 bits per heavy atom. The van der Waals surface area contributed by atoms with Crippen LogP contribution in [0.15, 0.2) is 24.3 Å². The number of amides is 1. The molecule has 1 rings (SSSR count). The quantitative estimate of drug-likeness (QED) is 0.683.